The van der Waals surface area contributed by atoms with Crippen LogP contribution in [0, 0.1) is 0 Å². The molecule has 3 N–H and O–H groups in total. The fourth-order valence-electron chi connectivity index (χ4n) is 1.99. The molecule has 6 nitrogen and oxygen atoms in total. The van der Waals surface area contributed by atoms with Crippen LogP contribution in [0.4, 0.5) is 29.3 Å². The van der Waals surface area contributed by atoms with Crippen molar-refractivity contribution in [2.75, 3.05) is 17.7 Å². The predicted molar refractivity (Wildman–Crippen MR) is 99.4 cm³/mol. The molecule has 0 saturated heterocycles. The number of hydrogen-bond donors (Lipinski definition) is 3. The lowest BCUT2D eigenvalue weighted by atomic mass is 10.2. The van der Waals surface area contributed by atoms with Gasteiger partial charge in [-0.3, -0.25) is 4.79 Å². The third kappa shape index (κ3) is 6.20. The van der Waals surface area contributed by atoms with Gasteiger partial charge in [-0.25, -0.2) is 4.79 Å². The number of amides is 3. The van der Waals surface area contributed by atoms with Gasteiger partial charge < -0.3 is 20.7 Å². The van der Waals surface area contributed by atoms with Crippen LogP contribution in [0.3, 0.4) is 0 Å². The van der Waals surface area contributed by atoms with E-state index in [1.807, 2.05) is 0 Å². The highest BCUT2D eigenvalue weighted by Gasteiger charge is 2.33. The van der Waals surface area contributed by atoms with E-state index < -0.39 is 22.8 Å². The van der Waals surface area contributed by atoms with Gasteiger partial charge in [0.05, 0.1) is 16.8 Å². The highest BCUT2D eigenvalue weighted by atomic mass is 35.5. The van der Waals surface area contributed by atoms with Gasteiger partial charge in [0.2, 0.25) is 5.91 Å². The Morgan fingerprint density at radius 2 is 1.64 bits per heavy atom. The molecule has 2 rings (SSSR count). The van der Waals surface area contributed by atoms with Crippen LogP contribution >= 0.6 is 11.6 Å². The number of carbonyl (C=O) groups is 2. The second kappa shape index (κ2) is 9.14. The van der Waals surface area contributed by atoms with Crippen molar-refractivity contribution < 1.29 is 27.5 Å². The lowest BCUT2D eigenvalue weighted by Gasteiger charge is -2.12. The van der Waals surface area contributed by atoms with Gasteiger partial charge in [0.25, 0.3) is 0 Å². The average molecular weight is 414 g/mol. The minimum absolute atomic E-state index is 0.0616. The Hall–Kier alpha value is -3.20. The van der Waals surface area contributed by atoms with Crippen LogP contribution in [-0.4, -0.2) is 19.0 Å². The summed E-state index contributed by atoms with van der Waals surface area (Å²) in [4.78, 5) is 23.0. The predicted octanol–water partition coefficient (Wildman–Crippen LogP) is 4.64. The zero-order valence-electron chi connectivity index (χ0n) is 14.4. The number of hydrogen-bond acceptors (Lipinski definition) is 3. The van der Waals surface area contributed by atoms with Crippen molar-refractivity contribution in [1.29, 1.82) is 0 Å². The van der Waals surface area contributed by atoms with Crippen molar-refractivity contribution in [3.63, 3.8) is 0 Å². The summed E-state index contributed by atoms with van der Waals surface area (Å²) in [5.41, 5.74) is -0.725. The van der Waals surface area contributed by atoms with Gasteiger partial charge in [-0.2, -0.15) is 13.2 Å². The number of urea groups is 1. The summed E-state index contributed by atoms with van der Waals surface area (Å²) in [7, 11) is 1.48. The normalized spacial score (nSPS) is 11.2. The minimum Gasteiger partial charge on any atom is -0.465 e. The Morgan fingerprint density at radius 1 is 1.04 bits per heavy atom. The number of carbonyl (C=O) groups excluding carboxylic acids is 2. The molecule has 0 spiro atoms. The lowest BCUT2D eigenvalue weighted by Crippen LogP contribution is -2.19. The summed E-state index contributed by atoms with van der Waals surface area (Å²) >= 11 is 5.54. The highest BCUT2D eigenvalue weighted by molar-refractivity contribution is 6.31. The maximum atomic E-state index is 12.9. The largest absolute Gasteiger partial charge is 0.465 e. The standard InChI is InChI=1S/C18H15ClF3N3O3/c1-23-16(26)8-9-28-13-5-2-11(3-6-13)24-17(27)25-12-4-7-15(19)14(10-12)18(20,21)22/h2-10H,1H3,(H,23,26)(H2,24,25,27)/b9-8+. The maximum Gasteiger partial charge on any atom is 0.417 e. The zero-order valence-corrected chi connectivity index (χ0v) is 15.2. The molecule has 0 bridgehead atoms. The molecule has 3 amide bonds. The summed E-state index contributed by atoms with van der Waals surface area (Å²) in [6.45, 7) is 0. The van der Waals surface area contributed by atoms with Crippen molar-refractivity contribution in [2.45, 2.75) is 6.18 Å². The number of benzene rings is 2. The van der Waals surface area contributed by atoms with Crippen LogP contribution in [0.5, 0.6) is 5.75 Å². The lowest BCUT2D eigenvalue weighted by molar-refractivity contribution is -0.137. The van der Waals surface area contributed by atoms with Gasteiger partial charge in [0.15, 0.2) is 0 Å². The molecule has 0 unspecified atom stereocenters. The van der Waals surface area contributed by atoms with Crippen LogP contribution in [0.1, 0.15) is 5.56 Å². The molecule has 2 aromatic rings. The molecule has 0 aliphatic heterocycles. The second-order valence-electron chi connectivity index (χ2n) is 5.33. The van der Waals surface area contributed by atoms with E-state index in [0.29, 0.717) is 11.4 Å². The minimum atomic E-state index is -4.63. The highest BCUT2D eigenvalue weighted by Crippen LogP contribution is 2.36. The quantitative estimate of drug-likeness (QED) is 0.493. The molecule has 0 atom stereocenters. The average Bonchev–Trinajstić information content (AvgIpc) is 2.63. The number of rotatable bonds is 5. The molecule has 0 fully saturated rings. The van der Waals surface area contributed by atoms with Gasteiger partial charge in [-0.1, -0.05) is 11.6 Å². The summed E-state index contributed by atoms with van der Waals surface area (Å²) in [5.74, 6) is 0.0875. The molecule has 0 saturated carbocycles. The number of alkyl halides is 3. The molecule has 0 radical (unpaired) electrons. The van der Waals surface area contributed by atoms with Crippen LogP contribution in [0.15, 0.2) is 54.8 Å². The number of ether oxygens (including phenoxy) is 1. The number of nitrogens with one attached hydrogen (secondary N) is 3. The second-order valence-corrected chi connectivity index (χ2v) is 5.74. The fourth-order valence-corrected chi connectivity index (χ4v) is 2.21. The third-order valence-electron chi connectivity index (χ3n) is 3.31. The number of anilines is 2. The topological polar surface area (TPSA) is 79.5 Å². The molecule has 28 heavy (non-hydrogen) atoms. The molecule has 10 heteroatoms. The van der Waals surface area contributed by atoms with Gasteiger partial charge in [-0.05, 0) is 42.5 Å². The molecule has 0 heterocycles. The van der Waals surface area contributed by atoms with Crippen molar-refractivity contribution >= 4 is 34.9 Å². The van der Waals surface area contributed by atoms with E-state index in [1.165, 1.54) is 49.7 Å². The number of likely N-dealkylation sites (N-methyl/N-ethyl adjacent to an activating group) is 1. The van der Waals surface area contributed by atoms with Crippen LogP contribution in [0.25, 0.3) is 0 Å². The van der Waals surface area contributed by atoms with E-state index in [1.54, 1.807) is 0 Å². The third-order valence-corrected chi connectivity index (χ3v) is 3.64. The first-order valence-electron chi connectivity index (χ1n) is 7.79. The van der Waals surface area contributed by atoms with E-state index in [9.17, 15) is 22.8 Å². The van der Waals surface area contributed by atoms with E-state index in [-0.39, 0.29) is 11.6 Å². The molecule has 0 aliphatic carbocycles. The van der Waals surface area contributed by atoms with Gasteiger partial charge in [0, 0.05) is 24.5 Å². The van der Waals surface area contributed by atoms with Gasteiger partial charge in [0.1, 0.15) is 5.75 Å². The smallest absolute Gasteiger partial charge is 0.417 e. The first-order valence-corrected chi connectivity index (χ1v) is 8.16. The summed E-state index contributed by atoms with van der Waals surface area (Å²) < 4.78 is 43.8. The molecule has 0 aromatic heterocycles. The SMILES string of the molecule is CNC(=O)/C=C/Oc1ccc(NC(=O)Nc2ccc(Cl)c(C(F)(F)F)c2)cc1. The Kier molecular flexibility index (Phi) is 6.89. The van der Waals surface area contributed by atoms with Crippen molar-refractivity contribution in [3.05, 3.63) is 65.4 Å². The Labute approximate surface area is 163 Å². The van der Waals surface area contributed by atoms with Gasteiger partial charge in [-0.15, -0.1) is 0 Å². The zero-order chi connectivity index (χ0) is 20.7. The van der Waals surface area contributed by atoms with Crippen molar-refractivity contribution in [2.24, 2.45) is 0 Å². The summed E-state index contributed by atoms with van der Waals surface area (Å²) in [6.07, 6.45) is -2.24. The monoisotopic (exact) mass is 413 g/mol. The van der Waals surface area contributed by atoms with E-state index >= 15 is 0 Å². The maximum absolute atomic E-state index is 12.9. The van der Waals surface area contributed by atoms with E-state index in [2.05, 4.69) is 16.0 Å². The Balaban J connectivity index is 1.96. The molecular formula is C18H15ClF3N3O3. The summed E-state index contributed by atoms with van der Waals surface area (Å²) in [6, 6.07) is 8.44. The fraction of sp³-hybridized carbons (Fsp3) is 0.111. The van der Waals surface area contributed by atoms with Crippen LogP contribution < -0.4 is 20.7 Å². The molecular weight excluding hydrogens is 399 g/mol. The van der Waals surface area contributed by atoms with Crippen molar-refractivity contribution in [1.82, 2.24) is 5.32 Å². The molecule has 148 valence electrons. The molecule has 2 aromatic carbocycles. The van der Waals surface area contributed by atoms with E-state index in [4.69, 9.17) is 16.3 Å². The molecule has 0 aliphatic rings. The number of halogens is 4. The first-order chi connectivity index (χ1) is 13.2. The van der Waals surface area contributed by atoms with Crippen LogP contribution in [0.2, 0.25) is 5.02 Å². The van der Waals surface area contributed by atoms with Crippen LogP contribution in [-0.2, 0) is 11.0 Å². The first kappa shape index (κ1) is 21.1. The Bertz CT molecular complexity index is 884. The van der Waals surface area contributed by atoms with Crippen molar-refractivity contribution in [3.8, 4) is 5.75 Å². The van der Waals surface area contributed by atoms with E-state index in [0.717, 1.165) is 12.1 Å². The Morgan fingerprint density at radius 3 is 2.25 bits per heavy atom. The summed E-state index contributed by atoms with van der Waals surface area (Å²) in [5, 5.41) is 6.70. The van der Waals surface area contributed by atoms with Gasteiger partial charge >= 0.3 is 12.2 Å².